The Balaban J connectivity index is 1.52. The number of aromatic hydroxyl groups is 1. The van der Waals surface area contributed by atoms with Gasteiger partial charge in [0.1, 0.15) is 11.7 Å². The summed E-state index contributed by atoms with van der Waals surface area (Å²) in [7, 11) is 0. The number of phenols is 1. The summed E-state index contributed by atoms with van der Waals surface area (Å²) in [6.45, 7) is 3.63. The molecule has 2 aliphatic carbocycles. The summed E-state index contributed by atoms with van der Waals surface area (Å²) < 4.78 is 12.1. The highest BCUT2D eigenvalue weighted by atomic mass is 16.6. The number of phenolic OH excluding ortho intramolecular Hbond substituents is 1. The first-order valence-corrected chi connectivity index (χ1v) is 12.5. The van der Waals surface area contributed by atoms with Crippen molar-refractivity contribution in [3.05, 3.63) is 29.3 Å². The number of unbranched alkanes of at least 4 members (excludes halogenated alkanes) is 1. The molecule has 1 aliphatic heterocycles. The number of esters is 1. The van der Waals surface area contributed by atoms with E-state index in [1.165, 1.54) is 6.92 Å². The summed E-state index contributed by atoms with van der Waals surface area (Å²) >= 11 is 0. The van der Waals surface area contributed by atoms with E-state index in [9.17, 15) is 15.0 Å². The number of carbonyl (C=O) groups is 1. The summed E-state index contributed by atoms with van der Waals surface area (Å²) in [5, 5.41) is 21.3. The van der Waals surface area contributed by atoms with Gasteiger partial charge in [-0.25, -0.2) is 0 Å². The van der Waals surface area contributed by atoms with Crippen LogP contribution >= 0.6 is 0 Å². The minimum Gasteiger partial charge on any atom is -0.504 e. The van der Waals surface area contributed by atoms with Crippen molar-refractivity contribution in [2.24, 2.45) is 11.8 Å². The van der Waals surface area contributed by atoms with Crippen molar-refractivity contribution >= 4 is 12.0 Å². The molecule has 0 unspecified atom stereocenters. The molecule has 2 N–H and O–H groups in total. The molecule has 5 heteroatoms. The molecule has 0 saturated heterocycles. The van der Waals surface area contributed by atoms with Crippen LogP contribution in [-0.2, 0) is 16.0 Å². The van der Waals surface area contributed by atoms with Gasteiger partial charge in [0.15, 0.2) is 11.5 Å². The number of carbonyl (C=O) groups excluding carboxylic acids is 1. The Bertz CT molecular complexity index is 847. The van der Waals surface area contributed by atoms with Crippen LogP contribution in [0.4, 0.5) is 0 Å². The molecule has 176 valence electrons. The van der Waals surface area contributed by atoms with E-state index in [-0.39, 0.29) is 17.8 Å². The van der Waals surface area contributed by atoms with E-state index in [0.29, 0.717) is 36.8 Å². The Hall–Kier alpha value is -2.01. The number of hydrogen-bond donors (Lipinski definition) is 2. The lowest BCUT2D eigenvalue weighted by atomic mass is 9.72. The van der Waals surface area contributed by atoms with Crippen molar-refractivity contribution in [3.63, 3.8) is 0 Å². The quantitative estimate of drug-likeness (QED) is 0.541. The number of benzene rings is 1. The van der Waals surface area contributed by atoms with Crippen molar-refractivity contribution in [2.75, 3.05) is 0 Å². The molecule has 5 atom stereocenters. The number of rotatable bonds is 7. The highest BCUT2D eigenvalue weighted by molar-refractivity contribution is 5.67. The van der Waals surface area contributed by atoms with Crippen LogP contribution in [0.2, 0.25) is 0 Å². The lowest BCUT2D eigenvalue weighted by molar-refractivity contribution is -0.168. The fourth-order valence-electron chi connectivity index (χ4n) is 5.98. The van der Waals surface area contributed by atoms with Crippen molar-refractivity contribution in [1.29, 1.82) is 0 Å². The number of aliphatic hydroxyl groups is 1. The van der Waals surface area contributed by atoms with Crippen LogP contribution in [0.25, 0.3) is 6.08 Å². The van der Waals surface area contributed by atoms with Crippen molar-refractivity contribution in [2.45, 2.75) is 102 Å². The summed E-state index contributed by atoms with van der Waals surface area (Å²) in [4.78, 5) is 12.0. The lowest BCUT2D eigenvalue weighted by Gasteiger charge is -2.42. The minimum atomic E-state index is -0.634. The average molecular weight is 443 g/mol. The maximum atomic E-state index is 12.0. The highest BCUT2D eigenvalue weighted by Crippen LogP contribution is 2.44. The SMILES string of the molecule is CCCC[C@@H]1CC[C@](CCc2ccc(O)c3c2C=C[C@@H]2CCC[C@@H]2O3)(OC(C)=O)C[C@H]1O. The third-order valence-electron chi connectivity index (χ3n) is 7.78. The molecule has 4 rings (SSSR count). The number of aliphatic hydroxyl groups excluding tert-OH is 1. The molecule has 0 radical (unpaired) electrons. The topological polar surface area (TPSA) is 76.0 Å². The Morgan fingerprint density at radius 3 is 2.88 bits per heavy atom. The maximum absolute atomic E-state index is 12.0. The van der Waals surface area contributed by atoms with Crippen LogP contribution < -0.4 is 4.74 Å². The molecular formula is C27H38O5. The maximum Gasteiger partial charge on any atom is 0.303 e. The standard InChI is InChI=1S/C27H38O5/c1-3-4-6-20-14-16-27(17-24(20)30,32-18(2)28)15-13-19-10-12-23(29)26-22(19)11-9-21-7-5-8-25(21)31-26/h9-12,20-21,24-25,29-30H,3-8,13-17H2,1-2H3/t20-,21+,24-,25+,27+/m1/s1. The zero-order valence-electron chi connectivity index (χ0n) is 19.5. The van der Waals surface area contributed by atoms with E-state index >= 15 is 0 Å². The molecule has 5 nitrogen and oxygen atoms in total. The molecule has 3 aliphatic rings. The first kappa shape index (κ1) is 23.2. The van der Waals surface area contributed by atoms with Gasteiger partial charge in [-0.1, -0.05) is 38.0 Å². The smallest absolute Gasteiger partial charge is 0.303 e. The number of hydrogen-bond acceptors (Lipinski definition) is 5. The number of ether oxygens (including phenoxy) is 2. The van der Waals surface area contributed by atoms with E-state index in [2.05, 4.69) is 19.1 Å². The molecule has 2 saturated carbocycles. The first-order chi connectivity index (χ1) is 15.4. The summed E-state index contributed by atoms with van der Waals surface area (Å²) in [6.07, 6.45) is 14.1. The second kappa shape index (κ2) is 9.86. The zero-order chi connectivity index (χ0) is 22.7. The third-order valence-corrected chi connectivity index (χ3v) is 7.78. The van der Waals surface area contributed by atoms with Gasteiger partial charge in [0.2, 0.25) is 0 Å². The van der Waals surface area contributed by atoms with Crippen LogP contribution in [0.5, 0.6) is 11.5 Å². The van der Waals surface area contributed by atoms with Crippen LogP contribution in [-0.4, -0.2) is 34.0 Å². The van der Waals surface area contributed by atoms with Crippen molar-refractivity contribution < 1.29 is 24.5 Å². The van der Waals surface area contributed by atoms with Gasteiger partial charge >= 0.3 is 5.97 Å². The molecule has 1 aromatic rings. The predicted octanol–water partition coefficient (Wildman–Crippen LogP) is 5.55. The molecule has 32 heavy (non-hydrogen) atoms. The Labute approximate surface area is 191 Å². The monoisotopic (exact) mass is 442 g/mol. The molecule has 1 heterocycles. The Kier molecular flexibility index (Phi) is 7.14. The lowest BCUT2D eigenvalue weighted by Crippen LogP contribution is -2.45. The normalized spacial score (nSPS) is 31.3. The molecule has 0 bridgehead atoms. The van der Waals surface area contributed by atoms with Gasteiger partial charge in [-0.2, -0.15) is 0 Å². The second-order valence-electron chi connectivity index (χ2n) is 10.1. The van der Waals surface area contributed by atoms with E-state index in [1.54, 1.807) is 6.07 Å². The van der Waals surface area contributed by atoms with Gasteiger partial charge in [-0.05, 0) is 68.9 Å². The zero-order valence-corrected chi connectivity index (χ0v) is 19.5. The highest BCUT2D eigenvalue weighted by Gasteiger charge is 2.42. The van der Waals surface area contributed by atoms with Crippen LogP contribution in [0, 0.1) is 11.8 Å². The molecule has 0 aromatic heterocycles. The van der Waals surface area contributed by atoms with Crippen molar-refractivity contribution in [3.8, 4) is 11.5 Å². The summed E-state index contributed by atoms with van der Waals surface area (Å²) in [5.41, 5.74) is 1.39. The molecule has 1 aromatic carbocycles. The van der Waals surface area contributed by atoms with Crippen LogP contribution in [0.1, 0.15) is 89.2 Å². The van der Waals surface area contributed by atoms with Gasteiger partial charge in [0.25, 0.3) is 0 Å². The number of fused-ring (bicyclic) bond motifs is 2. The van der Waals surface area contributed by atoms with E-state index in [4.69, 9.17) is 9.47 Å². The number of aryl methyl sites for hydroxylation is 1. The minimum absolute atomic E-state index is 0.134. The summed E-state index contributed by atoms with van der Waals surface area (Å²) in [6, 6.07) is 3.67. The molecule has 0 amide bonds. The van der Waals surface area contributed by atoms with E-state index < -0.39 is 11.7 Å². The van der Waals surface area contributed by atoms with E-state index in [0.717, 1.165) is 62.5 Å². The molecule has 2 fully saturated rings. The largest absolute Gasteiger partial charge is 0.504 e. The first-order valence-electron chi connectivity index (χ1n) is 12.5. The predicted molar refractivity (Wildman–Crippen MR) is 125 cm³/mol. The molecule has 0 spiro atoms. The van der Waals surface area contributed by atoms with Gasteiger partial charge in [-0.15, -0.1) is 0 Å². The molecular weight excluding hydrogens is 404 g/mol. The summed E-state index contributed by atoms with van der Waals surface area (Å²) in [5.74, 6) is 1.17. The average Bonchev–Trinajstić information content (AvgIpc) is 3.11. The van der Waals surface area contributed by atoms with Crippen LogP contribution in [0.3, 0.4) is 0 Å². The van der Waals surface area contributed by atoms with Crippen LogP contribution in [0.15, 0.2) is 18.2 Å². The fourth-order valence-corrected chi connectivity index (χ4v) is 5.98. The van der Waals surface area contributed by atoms with Gasteiger partial charge in [-0.3, -0.25) is 4.79 Å². The second-order valence-corrected chi connectivity index (χ2v) is 10.1. The van der Waals surface area contributed by atoms with Crippen molar-refractivity contribution in [1.82, 2.24) is 0 Å². The van der Waals surface area contributed by atoms with Gasteiger partial charge in [0.05, 0.1) is 6.10 Å². The van der Waals surface area contributed by atoms with Gasteiger partial charge < -0.3 is 19.7 Å². The Morgan fingerprint density at radius 1 is 1.28 bits per heavy atom. The van der Waals surface area contributed by atoms with Gasteiger partial charge in [0, 0.05) is 24.8 Å². The Morgan fingerprint density at radius 2 is 2.12 bits per heavy atom. The third kappa shape index (κ3) is 4.98. The van der Waals surface area contributed by atoms with E-state index in [1.807, 2.05) is 6.07 Å². The fraction of sp³-hybridized carbons (Fsp3) is 0.667.